The maximum atomic E-state index is 12.0. The SMILES string of the molecule is COC(=O)c1ccc(C(=O)Cc2ccccc2N)o1. The zero-order chi connectivity index (χ0) is 13.8. The van der Waals surface area contributed by atoms with Gasteiger partial charge in [-0.3, -0.25) is 4.79 Å². The number of anilines is 1. The summed E-state index contributed by atoms with van der Waals surface area (Å²) in [7, 11) is 1.25. The number of hydrogen-bond donors (Lipinski definition) is 1. The quantitative estimate of drug-likeness (QED) is 0.516. The number of Topliss-reactive ketones (excluding diaryl/α,β-unsaturated/α-hetero) is 1. The number of nitrogen functional groups attached to an aromatic ring is 1. The number of hydrogen-bond acceptors (Lipinski definition) is 5. The molecule has 0 atom stereocenters. The van der Waals surface area contributed by atoms with Gasteiger partial charge < -0.3 is 14.9 Å². The molecule has 2 aromatic rings. The number of ether oxygens (including phenoxy) is 1. The highest BCUT2D eigenvalue weighted by Crippen LogP contribution is 2.16. The van der Waals surface area contributed by atoms with Crippen LogP contribution in [0.2, 0.25) is 0 Å². The van der Waals surface area contributed by atoms with Crippen molar-refractivity contribution in [3.8, 4) is 0 Å². The number of para-hydroxylation sites is 1. The van der Waals surface area contributed by atoms with Gasteiger partial charge in [-0.05, 0) is 23.8 Å². The highest BCUT2D eigenvalue weighted by Gasteiger charge is 2.16. The summed E-state index contributed by atoms with van der Waals surface area (Å²) in [6, 6.07) is 9.97. The number of benzene rings is 1. The van der Waals surface area contributed by atoms with Crippen molar-refractivity contribution in [1.29, 1.82) is 0 Å². The Morgan fingerprint density at radius 2 is 1.84 bits per heavy atom. The molecule has 5 heteroatoms. The van der Waals surface area contributed by atoms with E-state index in [4.69, 9.17) is 10.2 Å². The lowest BCUT2D eigenvalue weighted by atomic mass is 10.1. The second-order valence-corrected chi connectivity index (χ2v) is 3.95. The van der Waals surface area contributed by atoms with Crippen molar-refractivity contribution in [2.45, 2.75) is 6.42 Å². The van der Waals surface area contributed by atoms with Gasteiger partial charge in [0.2, 0.25) is 11.5 Å². The second kappa shape index (κ2) is 5.39. The molecular weight excluding hydrogens is 246 g/mol. The molecule has 0 unspecified atom stereocenters. The third kappa shape index (κ3) is 2.82. The predicted molar refractivity (Wildman–Crippen MR) is 68.9 cm³/mol. The number of carbonyl (C=O) groups is 2. The summed E-state index contributed by atoms with van der Waals surface area (Å²) in [4.78, 5) is 23.2. The average Bonchev–Trinajstić information content (AvgIpc) is 2.90. The minimum absolute atomic E-state index is 0.00637. The van der Waals surface area contributed by atoms with Crippen molar-refractivity contribution < 1.29 is 18.7 Å². The van der Waals surface area contributed by atoms with Gasteiger partial charge in [0.05, 0.1) is 7.11 Å². The summed E-state index contributed by atoms with van der Waals surface area (Å²) >= 11 is 0. The molecule has 0 saturated carbocycles. The highest BCUT2D eigenvalue weighted by atomic mass is 16.5. The first-order valence-corrected chi connectivity index (χ1v) is 5.66. The normalized spacial score (nSPS) is 10.2. The standard InChI is InChI=1S/C14H13NO4/c1-18-14(17)13-7-6-12(19-13)11(16)8-9-4-2-3-5-10(9)15/h2-7H,8,15H2,1H3. The summed E-state index contributed by atoms with van der Waals surface area (Å²) in [6.07, 6.45) is 0.126. The molecule has 0 bridgehead atoms. The lowest BCUT2D eigenvalue weighted by Gasteiger charge is -2.02. The van der Waals surface area contributed by atoms with Crippen LogP contribution in [0.15, 0.2) is 40.8 Å². The van der Waals surface area contributed by atoms with E-state index >= 15 is 0 Å². The summed E-state index contributed by atoms with van der Waals surface area (Å²) in [5.74, 6) is -0.734. The Labute approximate surface area is 110 Å². The molecule has 0 aliphatic rings. The number of methoxy groups -OCH3 is 1. The Morgan fingerprint density at radius 3 is 2.53 bits per heavy atom. The molecule has 0 radical (unpaired) electrons. The summed E-state index contributed by atoms with van der Waals surface area (Å²) < 4.78 is 9.65. The van der Waals surface area contributed by atoms with Gasteiger partial charge in [-0.25, -0.2) is 4.79 Å². The molecule has 0 spiro atoms. The predicted octanol–water partition coefficient (Wildman–Crippen LogP) is 2.07. The van der Waals surface area contributed by atoms with Crippen molar-refractivity contribution >= 4 is 17.4 Å². The zero-order valence-electron chi connectivity index (χ0n) is 10.4. The molecule has 0 aliphatic heterocycles. The minimum Gasteiger partial charge on any atom is -0.463 e. The second-order valence-electron chi connectivity index (χ2n) is 3.95. The van der Waals surface area contributed by atoms with Crippen molar-refractivity contribution in [2.75, 3.05) is 12.8 Å². The van der Waals surface area contributed by atoms with Gasteiger partial charge in [-0.1, -0.05) is 18.2 Å². The van der Waals surface area contributed by atoms with Crippen molar-refractivity contribution in [1.82, 2.24) is 0 Å². The lowest BCUT2D eigenvalue weighted by Crippen LogP contribution is -2.05. The monoisotopic (exact) mass is 259 g/mol. The topological polar surface area (TPSA) is 82.5 Å². The van der Waals surface area contributed by atoms with Crippen molar-refractivity contribution in [3.63, 3.8) is 0 Å². The molecule has 2 N–H and O–H groups in total. The van der Waals surface area contributed by atoms with Crippen LogP contribution in [0.5, 0.6) is 0 Å². The largest absolute Gasteiger partial charge is 0.463 e. The van der Waals surface area contributed by atoms with E-state index in [1.165, 1.54) is 19.2 Å². The average molecular weight is 259 g/mol. The van der Waals surface area contributed by atoms with Crippen LogP contribution in [-0.2, 0) is 11.2 Å². The number of rotatable bonds is 4. The zero-order valence-corrected chi connectivity index (χ0v) is 10.4. The number of nitrogens with two attached hydrogens (primary N) is 1. The van der Waals surface area contributed by atoms with Gasteiger partial charge in [0.1, 0.15) is 0 Å². The summed E-state index contributed by atoms with van der Waals surface area (Å²) in [5, 5.41) is 0. The fourth-order valence-electron chi connectivity index (χ4n) is 1.65. The molecule has 1 heterocycles. The van der Waals surface area contributed by atoms with Crippen molar-refractivity contribution in [3.05, 3.63) is 53.5 Å². The molecular formula is C14H13NO4. The fraction of sp³-hybridized carbons (Fsp3) is 0.143. The van der Waals surface area contributed by atoms with Crippen LogP contribution in [0.1, 0.15) is 26.7 Å². The fourth-order valence-corrected chi connectivity index (χ4v) is 1.65. The number of esters is 1. The van der Waals surface area contributed by atoms with Gasteiger partial charge in [0.25, 0.3) is 0 Å². The number of carbonyl (C=O) groups excluding carboxylic acids is 2. The maximum Gasteiger partial charge on any atom is 0.373 e. The number of furan rings is 1. The lowest BCUT2D eigenvalue weighted by molar-refractivity contribution is 0.0563. The third-order valence-electron chi connectivity index (χ3n) is 2.67. The Bertz CT molecular complexity index is 615. The maximum absolute atomic E-state index is 12.0. The van der Waals surface area contributed by atoms with Crippen LogP contribution in [0.4, 0.5) is 5.69 Å². The first kappa shape index (κ1) is 12.9. The van der Waals surface area contributed by atoms with Crippen LogP contribution in [-0.4, -0.2) is 18.9 Å². The van der Waals surface area contributed by atoms with Gasteiger partial charge in [-0.15, -0.1) is 0 Å². The van der Waals surface area contributed by atoms with E-state index in [1.807, 2.05) is 0 Å². The Hall–Kier alpha value is -2.56. The van der Waals surface area contributed by atoms with Gasteiger partial charge in [-0.2, -0.15) is 0 Å². The minimum atomic E-state index is -0.613. The summed E-state index contributed by atoms with van der Waals surface area (Å²) in [5.41, 5.74) is 7.04. The molecule has 1 aromatic carbocycles. The van der Waals surface area contributed by atoms with Crippen LogP contribution < -0.4 is 5.73 Å². The van der Waals surface area contributed by atoms with Crippen LogP contribution >= 0.6 is 0 Å². The van der Waals surface area contributed by atoms with Gasteiger partial charge in [0.15, 0.2) is 5.76 Å². The third-order valence-corrected chi connectivity index (χ3v) is 2.67. The molecule has 0 fully saturated rings. The van der Waals surface area contributed by atoms with E-state index in [-0.39, 0.29) is 23.7 Å². The first-order chi connectivity index (χ1) is 9.11. The van der Waals surface area contributed by atoms with E-state index < -0.39 is 5.97 Å². The molecule has 5 nitrogen and oxygen atoms in total. The van der Waals surface area contributed by atoms with Gasteiger partial charge in [0, 0.05) is 12.1 Å². The molecule has 98 valence electrons. The number of ketones is 1. The molecule has 0 aliphatic carbocycles. The van der Waals surface area contributed by atoms with E-state index in [0.717, 1.165) is 5.56 Å². The molecule has 2 rings (SSSR count). The van der Waals surface area contributed by atoms with Crippen LogP contribution in [0.3, 0.4) is 0 Å². The first-order valence-electron chi connectivity index (χ1n) is 5.66. The Morgan fingerprint density at radius 1 is 1.16 bits per heavy atom. The molecule has 0 saturated heterocycles. The molecule has 0 amide bonds. The summed E-state index contributed by atoms with van der Waals surface area (Å²) in [6.45, 7) is 0. The molecule has 1 aromatic heterocycles. The van der Waals surface area contributed by atoms with E-state index in [0.29, 0.717) is 5.69 Å². The van der Waals surface area contributed by atoms with Gasteiger partial charge >= 0.3 is 5.97 Å². The van der Waals surface area contributed by atoms with Crippen LogP contribution in [0.25, 0.3) is 0 Å². The van der Waals surface area contributed by atoms with E-state index in [2.05, 4.69) is 4.74 Å². The van der Waals surface area contributed by atoms with Crippen LogP contribution in [0, 0.1) is 0 Å². The van der Waals surface area contributed by atoms with Crippen molar-refractivity contribution in [2.24, 2.45) is 0 Å². The Balaban J connectivity index is 2.15. The van der Waals surface area contributed by atoms with E-state index in [9.17, 15) is 9.59 Å². The highest BCUT2D eigenvalue weighted by molar-refractivity contribution is 5.97. The van der Waals surface area contributed by atoms with E-state index in [1.54, 1.807) is 24.3 Å². The smallest absolute Gasteiger partial charge is 0.373 e. The Kier molecular flexibility index (Phi) is 3.66. The molecule has 19 heavy (non-hydrogen) atoms.